The molecule has 2 aromatic rings. The molecule has 1 N–H and O–H groups in total. The molecule has 0 saturated carbocycles. The molecule has 5 nitrogen and oxygen atoms in total. The Kier molecular flexibility index (Phi) is 4.42. The normalized spacial score (nSPS) is 10.1. The number of ether oxygens (including phenoxy) is 1. The van der Waals surface area contributed by atoms with Crippen molar-refractivity contribution >= 4 is 23.0 Å². The van der Waals surface area contributed by atoms with Crippen molar-refractivity contribution in [1.82, 2.24) is 0 Å². The van der Waals surface area contributed by atoms with Gasteiger partial charge in [-0.3, -0.25) is 10.1 Å². The van der Waals surface area contributed by atoms with Crippen LogP contribution in [-0.4, -0.2) is 12.0 Å². The van der Waals surface area contributed by atoms with Gasteiger partial charge in [-0.15, -0.1) is 0 Å². The van der Waals surface area contributed by atoms with Crippen LogP contribution in [0.1, 0.15) is 5.56 Å². The lowest BCUT2D eigenvalue weighted by Crippen LogP contribution is -2.04. The second-order valence-electron chi connectivity index (χ2n) is 4.05. The van der Waals surface area contributed by atoms with Gasteiger partial charge in [-0.2, -0.15) is 0 Å². The standard InChI is InChI=1S/C14H13ClN2O3/c1-20-14-8-4-5-11(15)10(14)9-16-12-6-2-3-7-13(12)17(18)19/h2-8,16H,9H2,1H3. The Morgan fingerprint density at radius 1 is 1.25 bits per heavy atom. The zero-order valence-corrected chi connectivity index (χ0v) is 11.6. The van der Waals surface area contributed by atoms with Crippen molar-refractivity contribution in [2.75, 3.05) is 12.4 Å². The van der Waals surface area contributed by atoms with Crippen molar-refractivity contribution in [1.29, 1.82) is 0 Å². The molecule has 0 heterocycles. The van der Waals surface area contributed by atoms with E-state index in [1.54, 1.807) is 43.5 Å². The maximum atomic E-state index is 10.9. The Hall–Kier alpha value is -2.27. The highest BCUT2D eigenvalue weighted by Gasteiger charge is 2.13. The van der Waals surface area contributed by atoms with Crippen LogP contribution in [-0.2, 0) is 6.54 Å². The van der Waals surface area contributed by atoms with E-state index in [0.29, 0.717) is 23.0 Å². The van der Waals surface area contributed by atoms with Crippen molar-refractivity contribution in [3.63, 3.8) is 0 Å². The Labute approximate surface area is 121 Å². The first-order valence-electron chi connectivity index (χ1n) is 5.92. The second kappa shape index (κ2) is 6.25. The van der Waals surface area contributed by atoms with Crippen molar-refractivity contribution in [2.24, 2.45) is 0 Å². The van der Waals surface area contributed by atoms with Gasteiger partial charge in [0.05, 0.1) is 12.0 Å². The van der Waals surface area contributed by atoms with Crippen LogP contribution < -0.4 is 10.1 Å². The van der Waals surface area contributed by atoms with E-state index in [2.05, 4.69) is 5.32 Å². The van der Waals surface area contributed by atoms with E-state index in [4.69, 9.17) is 16.3 Å². The molecule has 104 valence electrons. The number of para-hydroxylation sites is 2. The summed E-state index contributed by atoms with van der Waals surface area (Å²) in [5.41, 5.74) is 1.23. The van der Waals surface area contributed by atoms with Gasteiger partial charge in [-0.25, -0.2) is 0 Å². The molecule has 0 aliphatic rings. The predicted octanol–water partition coefficient (Wildman–Crippen LogP) is 3.87. The van der Waals surface area contributed by atoms with Gasteiger partial charge in [0.25, 0.3) is 5.69 Å². The van der Waals surface area contributed by atoms with Crippen molar-refractivity contribution in [3.05, 3.63) is 63.2 Å². The first kappa shape index (κ1) is 14.1. The van der Waals surface area contributed by atoms with E-state index >= 15 is 0 Å². The van der Waals surface area contributed by atoms with E-state index in [-0.39, 0.29) is 5.69 Å². The summed E-state index contributed by atoms with van der Waals surface area (Å²) in [6.45, 7) is 0.341. The predicted molar refractivity (Wildman–Crippen MR) is 78.4 cm³/mol. The van der Waals surface area contributed by atoms with Crippen molar-refractivity contribution < 1.29 is 9.66 Å². The minimum Gasteiger partial charge on any atom is -0.496 e. The Balaban J connectivity index is 2.24. The maximum absolute atomic E-state index is 10.9. The van der Waals surface area contributed by atoms with Crippen LogP contribution in [0.3, 0.4) is 0 Å². The summed E-state index contributed by atoms with van der Waals surface area (Å²) < 4.78 is 5.23. The highest BCUT2D eigenvalue weighted by Crippen LogP contribution is 2.29. The smallest absolute Gasteiger partial charge is 0.292 e. The lowest BCUT2D eigenvalue weighted by molar-refractivity contribution is -0.384. The summed E-state index contributed by atoms with van der Waals surface area (Å²) >= 11 is 6.12. The number of rotatable bonds is 5. The lowest BCUT2D eigenvalue weighted by Gasteiger charge is -2.12. The fraction of sp³-hybridized carbons (Fsp3) is 0.143. The molecular weight excluding hydrogens is 280 g/mol. The summed E-state index contributed by atoms with van der Waals surface area (Å²) in [5.74, 6) is 0.642. The molecular formula is C14H13ClN2O3. The molecule has 2 rings (SSSR count). The molecule has 2 aromatic carbocycles. The largest absolute Gasteiger partial charge is 0.496 e. The third-order valence-electron chi connectivity index (χ3n) is 2.85. The van der Waals surface area contributed by atoms with E-state index in [1.165, 1.54) is 6.07 Å². The van der Waals surface area contributed by atoms with E-state index < -0.39 is 4.92 Å². The maximum Gasteiger partial charge on any atom is 0.292 e. The molecule has 0 bridgehead atoms. The highest BCUT2D eigenvalue weighted by atomic mass is 35.5. The molecule has 0 aliphatic carbocycles. The third-order valence-corrected chi connectivity index (χ3v) is 3.21. The van der Waals surface area contributed by atoms with Crippen LogP contribution in [0.5, 0.6) is 5.75 Å². The molecule has 0 unspecified atom stereocenters. The fourth-order valence-electron chi connectivity index (χ4n) is 1.87. The van der Waals surface area contributed by atoms with Gasteiger partial charge in [0, 0.05) is 23.2 Å². The van der Waals surface area contributed by atoms with E-state index in [0.717, 1.165) is 5.56 Å². The van der Waals surface area contributed by atoms with Crippen LogP contribution in [0.15, 0.2) is 42.5 Å². The summed E-state index contributed by atoms with van der Waals surface area (Å²) in [5, 5.41) is 14.5. The van der Waals surface area contributed by atoms with Gasteiger partial charge in [-0.05, 0) is 18.2 Å². The number of hydrogen-bond donors (Lipinski definition) is 1. The summed E-state index contributed by atoms with van der Waals surface area (Å²) in [4.78, 5) is 10.5. The molecule has 0 saturated heterocycles. The van der Waals surface area contributed by atoms with Gasteiger partial charge in [0.2, 0.25) is 0 Å². The minimum atomic E-state index is -0.424. The van der Waals surface area contributed by atoms with E-state index in [1.807, 2.05) is 0 Å². The van der Waals surface area contributed by atoms with Crippen molar-refractivity contribution in [2.45, 2.75) is 6.54 Å². The summed E-state index contributed by atoms with van der Waals surface area (Å²) in [7, 11) is 1.56. The minimum absolute atomic E-state index is 0.0264. The molecule has 0 spiro atoms. The molecule has 20 heavy (non-hydrogen) atoms. The van der Waals surface area contributed by atoms with Crippen LogP contribution >= 0.6 is 11.6 Å². The third kappa shape index (κ3) is 3.00. The fourth-order valence-corrected chi connectivity index (χ4v) is 2.10. The number of hydrogen-bond acceptors (Lipinski definition) is 4. The molecule has 0 aromatic heterocycles. The average molecular weight is 293 g/mol. The van der Waals surface area contributed by atoms with Gasteiger partial charge < -0.3 is 10.1 Å². The monoisotopic (exact) mass is 292 g/mol. The van der Waals surface area contributed by atoms with Gasteiger partial charge in [-0.1, -0.05) is 29.8 Å². The van der Waals surface area contributed by atoms with Gasteiger partial charge in [0.15, 0.2) is 0 Å². The zero-order chi connectivity index (χ0) is 14.5. The van der Waals surface area contributed by atoms with Crippen LogP contribution in [0.4, 0.5) is 11.4 Å². The molecule has 0 amide bonds. The SMILES string of the molecule is COc1cccc(Cl)c1CNc1ccccc1[N+](=O)[O-]. The number of anilines is 1. The quantitative estimate of drug-likeness (QED) is 0.671. The molecule has 0 fully saturated rings. The summed E-state index contributed by atoms with van der Waals surface area (Å²) in [6.07, 6.45) is 0. The average Bonchev–Trinajstić information content (AvgIpc) is 2.46. The molecule has 6 heteroatoms. The van der Waals surface area contributed by atoms with Crippen molar-refractivity contribution in [3.8, 4) is 5.75 Å². The number of nitro benzene ring substituents is 1. The Morgan fingerprint density at radius 2 is 2.00 bits per heavy atom. The first-order chi connectivity index (χ1) is 9.63. The number of benzene rings is 2. The number of nitrogens with zero attached hydrogens (tertiary/aromatic N) is 1. The van der Waals surface area contributed by atoms with Crippen LogP contribution in [0, 0.1) is 10.1 Å². The highest BCUT2D eigenvalue weighted by molar-refractivity contribution is 6.31. The molecule has 0 atom stereocenters. The lowest BCUT2D eigenvalue weighted by atomic mass is 10.2. The van der Waals surface area contributed by atoms with Crippen LogP contribution in [0.2, 0.25) is 5.02 Å². The number of nitrogens with one attached hydrogen (secondary N) is 1. The van der Waals surface area contributed by atoms with E-state index in [9.17, 15) is 10.1 Å². The topological polar surface area (TPSA) is 64.4 Å². The zero-order valence-electron chi connectivity index (χ0n) is 10.8. The Morgan fingerprint density at radius 3 is 2.70 bits per heavy atom. The number of nitro groups is 1. The summed E-state index contributed by atoms with van der Waals surface area (Å²) in [6, 6.07) is 11.8. The van der Waals surface area contributed by atoms with Gasteiger partial charge in [0.1, 0.15) is 11.4 Å². The number of methoxy groups -OCH3 is 1. The molecule has 0 radical (unpaired) electrons. The second-order valence-corrected chi connectivity index (χ2v) is 4.46. The first-order valence-corrected chi connectivity index (χ1v) is 6.30. The van der Waals surface area contributed by atoms with Gasteiger partial charge >= 0.3 is 0 Å². The molecule has 0 aliphatic heterocycles. The van der Waals surface area contributed by atoms with Crippen LogP contribution in [0.25, 0.3) is 0 Å². The Bertz CT molecular complexity index is 632. The number of halogens is 1.